The monoisotopic (exact) mass is 360 g/mol. The molecule has 0 fully saturated rings. The van der Waals surface area contributed by atoms with Crippen molar-refractivity contribution in [1.29, 1.82) is 0 Å². The molecule has 0 aliphatic rings. The van der Waals surface area contributed by atoms with E-state index < -0.39 is 0 Å². The number of hydrogen-bond donors (Lipinski definition) is 1. The molecule has 3 rings (SSSR count). The summed E-state index contributed by atoms with van der Waals surface area (Å²) in [5.74, 6) is -0.163. The maximum Gasteiger partial charge on any atom is 0.246 e. The average molecular weight is 361 g/mol. The van der Waals surface area contributed by atoms with Gasteiger partial charge in [-0.1, -0.05) is 35.9 Å². The molecule has 124 valence electrons. The van der Waals surface area contributed by atoms with Gasteiger partial charge >= 0.3 is 0 Å². The molecule has 1 amide bonds. The van der Waals surface area contributed by atoms with Crippen LogP contribution in [0.5, 0.6) is 0 Å². The lowest BCUT2D eigenvalue weighted by molar-refractivity contribution is -0.126. The smallest absolute Gasteiger partial charge is 0.246 e. The number of hydrogen-bond acceptors (Lipinski definition) is 4. The summed E-state index contributed by atoms with van der Waals surface area (Å²) in [5.41, 5.74) is 1.92. The van der Waals surface area contributed by atoms with E-state index in [0.29, 0.717) is 11.6 Å². The van der Waals surface area contributed by atoms with Crippen molar-refractivity contribution in [2.45, 2.75) is 19.6 Å². The summed E-state index contributed by atoms with van der Waals surface area (Å²) in [6, 6.07) is 15.2. The van der Waals surface area contributed by atoms with Gasteiger partial charge < -0.3 is 10.1 Å². The minimum absolute atomic E-state index is 0.000824. The fourth-order valence-electron chi connectivity index (χ4n) is 2.36. The van der Waals surface area contributed by atoms with Gasteiger partial charge in [0, 0.05) is 5.02 Å². The van der Waals surface area contributed by atoms with Crippen LogP contribution < -0.4 is 5.32 Å². The Morgan fingerprint density at radius 3 is 2.92 bits per heavy atom. The van der Waals surface area contributed by atoms with Crippen LogP contribution in [0, 0.1) is 0 Å². The molecule has 6 heteroatoms. The van der Waals surface area contributed by atoms with Gasteiger partial charge in [0.2, 0.25) is 5.91 Å². The first kappa shape index (κ1) is 16.9. The van der Waals surface area contributed by atoms with Gasteiger partial charge in [0.25, 0.3) is 0 Å². The Bertz CT molecular complexity index is 817. The number of halogens is 1. The molecule has 3 aromatic rings. The number of fused-ring (bicyclic) bond motifs is 1. The van der Waals surface area contributed by atoms with Crippen molar-refractivity contribution in [3.05, 3.63) is 64.1 Å². The van der Waals surface area contributed by atoms with Gasteiger partial charge in [0.1, 0.15) is 11.6 Å². The van der Waals surface area contributed by atoms with Crippen LogP contribution in [0.2, 0.25) is 5.02 Å². The number of ether oxygens (including phenoxy) is 1. The normalized spacial score (nSPS) is 12.2. The molecular formula is C18H17ClN2O2S. The summed E-state index contributed by atoms with van der Waals surface area (Å²) in [5, 5.41) is 4.42. The summed E-state index contributed by atoms with van der Waals surface area (Å²) >= 11 is 7.55. The zero-order valence-electron chi connectivity index (χ0n) is 13.2. The molecule has 1 heterocycles. The maximum absolute atomic E-state index is 12.0. The van der Waals surface area contributed by atoms with Gasteiger partial charge in [0.05, 0.1) is 22.9 Å². The first-order chi connectivity index (χ1) is 11.6. The van der Waals surface area contributed by atoms with E-state index in [2.05, 4.69) is 10.3 Å². The minimum atomic E-state index is -0.163. The quantitative estimate of drug-likeness (QED) is 0.711. The van der Waals surface area contributed by atoms with Crippen molar-refractivity contribution in [3.8, 4) is 0 Å². The standard InChI is InChI=1S/C18H17ClN2O2S/c1-12(13-5-4-6-14(19)9-13)20-17(22)10-23-11-18-21-15-7-2-3-8-16(15)24-18/h2-9,12H,10-11H2,1H3,(H,20,22). The first-order valence-electron chi connectivity index (χ1n) is 7.59. The Morgan fingerprint density at radius 2 is 2.12 bits per heavy atom. The fraction of sp³-hybridized carbons (Fsp3) is 0.222. The molecule has 24 heavy (non-hydrogen) atoms. The van der Waals surface area contributed by atoms with Gasteiger partial charge in [-0.15, -0.1) is 11.3 Å². The minimum Gasteiger partial charge on any atom is -0.364 e. The van der Waals surface area contributed by atoms with Crippen LogP contribution in [-0.2, 0) is 16.1 Å². The van der Waals surface area contributed by atoms with E-state index in [9.17, 15) is 4.79 Å². The SMILES string of the molecule is CC(NC(=O)COCc1nc2ccccc2s1)c1cccc(Cl)c1. The molecule has 1 aromatic heterocycles. The summed E-state index contributed by atoms with van der Waals surface area (Å²) in [7, 11) is 0. The van der Waals surface area contributed by atoms with Crippen LogP contribution in [0.15, 0.2) is 48.5 Å². The Hall–Kier alpha value is -1.95. The Kier molecular flexibility index (Phi) is 5.45. The second-order valence-electron chi connectivity index (χ2n) is 5.41. The number of aromatic nitrogens is 1. The van der Waals surface area contributed by atoms with Crippen LogP contribution in [0.4, 0.5) is 0 Å². The molecule has 4 nitrogen and oxygen atoms in total. The summed E-state index contributed by atoms with van der Waals surface area (Å²) < 4.78 is 6.60. The number of rotatable bonds is 6. The number of thiazole rings is 1. The second-order valence-corrected chi connectivity index (χ2v) is 6.96. The number of amides is 1. The van der Waals surface area contributed by atoms with E-state index in [1.807, 2.05) is 49.4 Å². The molecule has 0 saturated heterocycles. The number of carbonyl (C=O) groups is 1. The largest absolute Gasteiger partial charge is 0.364 e. The molecule has 0 aliphatic heterocycles. The molecule has 0 bridgehead atoms. The lowest BCUT2D eigenvalue weighted by atomic mass is 10.1. The van der Waals surface area contributed by atoms with Gasteiger partial charge in [-0.3, -0.25) is 4.79 Å². The number of nitrogens with zero attached hydrogens (tertiary/aromatic N) is 1. The Balaban J connectivity index is 1.48. The van der Waals surface area contributed by atoms with Crippen molar-refractivity contribution in [2.75, 3.05) is 6.61 Å². The van der Waals surface area contributed by atoms with Crippen LogP contribution in [0.3, 0.4) is 0 Å². The number of carbonyl (C=O) groups excluding carboxylic acids is 1. The third-order valence-corrected chi connectivity index (χ3v) is 4.77. The third kappa shape index (κ3) is 4.32. The predicted octanol–water partition coefficient (Wildman–Crippen LogP) is 4.34. The molecular weight excluding hydrogens is 344 g/mol. The second kappa shape index (κ2) is 7.75. The highest BCUT2D eigenvalue weighted by Crippen LogP contribution is 2.22. The van der Waals surface area contributed by atoms with E-state index in [4.69, 9.17) is 16.3 Å². The predicted molar refractivity (Wildman–Crippen MR) is 97.3 cm³/mol. The highest BCUT2D eigenvalue weighted by molar-refractivity contribution is 7.18. The summed E-state index contributed by atoms with van der Waals surface area (Å²) in [4.78, 5) is 16.5. The van der Waals surface area contributed by atoms with E-state index in [0.717, 1.165) is 20.8 Å². The topological polar surface area (TPSA) is 51.2 Å². The number of benzene rings is 2. The zero-order valence-corrected chi connectivity index (χ0v) is 14.7. The number of nitrogens with one attached hydrogen (secondary N) is 1. The Labute approximate surface area is 149 Å². The van der Waals surface area contributed by atoms with Crippen molar-refractivity contribution in [2.24, 2.45) is 0 Å². The number of para-hydroxylation sites is 1. The van der Waals surface area contributed by atoms with Gasteiger partial charge in [0.15, 0.2) is 0 Å². The molecule has 1 unspecified atom stereocenters. The van der Waals surface area contributed by atoms with E-state index >= 15 is 0 Å². The van der Waals surface area contributed by atoms with Gasteiger partial charge in [-0.05, 0) is 36.8 Å². The van der Waals surface area contributed by atoms with Gasteiger partial charge in [-0.25, -0.2) is 4.98 Å². The molecule has 1 N–H and O–H groups in total. The molecule has 0 radical (unpaired) electrons. The van der Waals surface area contributed by atoms with Gasteiger partial charge in [-0.2, -0.15) is 0 Å². The van der Waals surface area contributed by atoms with Crippen LogP contribution in [0.25, 0.3) is 10.2 Å². The molecule has 1 atom stereocenters. The zero-order chi connectivity index (χ0) is 16.9. The fourth-order valence-corrected chi connectivity index (χ4v) is 3.46. The molecule has 0 saturated carbocycles. The summed E-state index contributed by atoms with van der Waals surface area (Å²) in [6.45, 7) is 2.25. The maximum atomic E-state index is 12.0. The van der Waals surface area contributed by atoms with Crippen molar-refractivity contribution in [3.63, 3.8) is 0 Å². The van der Waals surface area contributed by atoms with Crippen molar-refractivity contribution >= 4 is 39.1 Å². The van der Waals surface area contributed by atoms with E-state index in [-0.39, 0.29) is 18.6 Å². The first-order valence-corrected chi connectivity index (χ1v) is 8.78. The molecule has 0 aliphatic carbocycles. The van der Waals surface area contributed by atoms with Crippen LogP contribution in [-0.4, -0.2) is 17.5 Å². The lowest BCUT2D eigenvalue weighted by Gasteiger charge is -2.14. The molecule has 2 aromatic carbocycles. The average Bonchev–Trinajstić information content (AvgIpc) is 2.97. The summed E-state index contributed by atoms with van der Waals surface area (Å²) in [6.07, 6.45) is 0. The molecule has 0 spiro atoms. The van der Waals surface area contributed by atoms with Crippen molar-refractivity contribution < 1.29 is 9.53 Å². The lowest BCUT2D eigenvalue weighted by Crippen LogP contribution is -2.30. The third-order valence-electron chi connectivity index (χ3n) is 3.52. The van der Waals surface area contributed by atoms with Crippen LogP contribution >= 0.6 is 22.9 Å². The highest BCUT2D eigenvalue weighted by atomic mass is 35.5. The Morgan fingerprint density at radius 1 is 1.29 bits per heavy atom. The van der Waals surface area contributed by atoms with E-state index in [1.54, 1.807) is 17.4 Å². The highest BCUT2D eigenvalue weighted by Gasteiger charge is 2.11. The van der Waals surface area contributed by atoms with Crippen LogP contribution in [0.1, 0.15) is 23.5 Å². The van der Waals surface area contributed by atoms with Crippen molar-refractivity contribution in [1.82, 2.24) is 10.3 Å². The van der Waals surface area contributed by atoms with E-state index in [1.165, 1.54) is 0 Å².